The lowest BCUT2D eigenvalue weighted by molar-refractivity contribution is 0.0341. The van der Waals surface area contributed by atoms with E-state index in [-0.39, 0.29) is 12.0 Å². The highest BCUT2D eigenvalue weighted by molar-refractivity contribution is 6.11. The number of amides is 1. The van der Waals surface area contributed by atoms with Crippen LogP contribution in [0.1, 0.15) is 29.9 Å². The highest BCUT2D eigenvalue weighted by atomic mass is 16.5. The van der Waals surface area contributed by atoms with E-state index in [0.29, 0.717) is 17.3 Å². The number of aromatic amines is 1. The molecule has 0 atom stereocenters. The molecular formula is C26H28N6O3. The second kappa shape index (κ2) is 10.2. The number of fused-ring (bicyclic) bond motifs is 1. The number of morpholine rings is 1. The number of aromatic nitrogens is 4. The number of anilines is 1. The zero-order valence-corrected chi connectivity index (χ0v) is 19.8. The minimum atomic E-state index is -0.313. The van der Waals surface area contributed by atoms with Gasteiger partial charge in [0.1, 0.15) is 0 Å². The Labute approximate surface area is 203 Å². The maximum atomic E-state index is 13.0. The van der Waals surface area contributed by atoms with Gasteiger partial charge >= 0.3 is 0 Å². The molecule has 1 aliphatic rings. The van der Waals surface area contributed by atoms with Crippen LogP contribution >= 0.6 is 0 Å². The van der Waals surface area contributed by atoms with E-state index in [1.54, 1.807) is 18.3 Å². The third-order valence-electron chi connectivity index (χ3n) is 5.77. The van der Waals surface area contributed by atoms with Crippen molar-refractivity contribution in [2.75, 3.05) is 31.6 Å². The molecular weight excluding hydrogens is 444 g/mol. The van der Waals surface area contributed by atoms with Crippen LogP contribution in [0.5, 0.6) is 5.88 Å². The van der Waals surface area contributed by atoms with Gasteiger partial charge in [-0.2, -0.15) is 5.10 Å². The minimum absolute atomic E-state index is 0.0304. The molecule has 35 heavy (non-hydrogen) atoms. The molecule has 1 amide bonds. The van der Waals surface area contributed by atoms with Crippen molar-refractivity contribution < 1.29 is 14.3 Å². The van der Waals surface area contributed by atoms with Gasteiger partial charge in [-0.3, -0.25) is 19.8 Å². The second-order valence-electron chi connectivity index (χ2n) is 8.81. The lowest BCUT2D eigenvalue weighted by Gasteiger charge is -2.26. The molecule has 0 unspecified atom stereocenters. The van der Waals surface area contributed by atoms with Gasteiger partial charge in [0.05, 0.1) is 36.7 Å². The first-order valence-electron chi connectivity index (χ1n) is 11.7. The number of H-pyrrole nitrogens is 1. The van der Waals surface area contributed by atoms with Crippen molar-refractivity contribution in [1.82, 2.24) is 25.1 Å². The van der Waals surface area contributed by atoms with Gasteiger partial charge in [-0.25, -0.2) is 4.98 Å². The first kappa shape index (κ1) is 22.9. The summed E-state index contributed by atoms with van der Waals surface area (Å²) in [5, 5.41) is 10.8. The number of nitrogens with one attached hydrogen (secondary N) is 2. The van der Waals surface area contributed by atoms with Gasteiger partial charge in [-0.1, -0.05) is 6.07 Å². The average molecular weight is 473 g/mol. The van der Waals surface area contributed by atoms with Crippen molar-refractivity contribution >= 4 is 22.5 Å². The summed E-state index contributed by atoms with van der Waals surface area (Å²) in [4.78, 5) is 24.0. The number of pyridine rings is 2. The highest BCUT2D eigenvalue weighted by Gasteiger charge is 2.16. The Balaban J connectivity index is 1.35. The van der Waals surface area contributed by atoms with Gasteiger partial charge in [0.25, 0.3) is 5.91 Å². The van der Waals surface area contributed by atoms with Crippen LogP contribution in [0.15, 0.2) is 55.0 Å². The van der Waals surface area contributed by atoms with Crippen molar-refractivity contribution in [1.29, 1.82) is 0 Å². The molecule has 1 fully saturated rings. The third-order valence-corrected chi connectivity index (χ3v) is 5.77. The lowest BCUT2D eigenvalue weighted by atomic mass is 10.0. The van der Waals surface area contributed by atoms with E-state index < -0.39 is 0 Å². The van der Waals surface area contributed by atoms with Crippen molar-refractivity contribution in [3.63, 3.8) is 0 Å². The minimum Gasteiger partial charge on any atom is -0.475 e. The Kier molecular flexibility index (Phi) is 6.69. The number of hydrogen-bond acceptors (Lipinski definition) is 7. The molecule has 9 heteroatoms. The Morgan fingerprint density at radius 1 is 1.11 bits per heavy atom. The molecule has 0 aliphatic carbocycles. The number of carbonyl (C=O) groups excluding carboxylic acids is 1. The lowest BCUT2D eigenvalue weighted by Crippen LogP contribution is -2.35. The van der Waals surface area contributed by atoms with E-state index in [4.69, 9.17) is 9.47 Å². The summed E-state index contributed by atoms with van der Waals surface area (Å²) < 4.78 is 11.0. The molecule has 1 aliphatic heterocycles. The Morgan fingerprint density at radius 2 is 1.97 bits per heavy atom. The summed E-state index contributed by atoms with van der Waals surface area (Å²) in [5.41, 5.74) is 4.79. The topological polar surface area (TPSA) is 105 Å². The second-order valence-corrected chi connectivity index (χ2v) is 8.81. The zero-order chi connectivity index (χ0) is 24.2. The number of carbonyl (C=O) groups is 1. The molecule has 1 saturated heterocycles. The molecule has 0 saturated carbocycles. The van der Waals surface area contributed by atoms with Crippen LogP contribution in [-0.4, -0.2) is 63.4 Å². The number of rotatable bonds is 7. The standard InChI is InChI=1S/C26H28N6O3/c1-17(2)35-24-6-4-21(15-28-24)29-26(33)25-22-12-19(3-5-23(22)30-31-25)20-11-18(13-27-14-20)16-32-7-9-34-10-8-32/h3-6,11-15,17H,7-10,16H2,1-2H3,(H,29,33)(H,30,31). The number of benzene rings is 1. The molecule has 1 aromatic carbocycles. The fourth-order valence-corrected chi connectivity index (χ4v) is 4.07. The molecule has 4 aromatic rings. The quantitative estimate of drug-likeness (QED) is 0.420. The zero-order valence-electron chi connectivity index (χ0n) is 19.8. The van der Waals surface area contributed by atoms with Gasteiger partial charge in [-0.05, 0) is 49.2 Å². The van der Waals surface area contributed by atoms with Gasteiger partial charge < -0.3 is 14.8 Å². The molecule has 0 bridgehead atoms. The van der Waals surface area contributed by atoms with Crippen LogP contribution in [0.2, 0.25) is 0 Å². The maximum Gasteiger partial charge on any atom is 0.276 e. The third kappa shape index (κ3) is 5.47. The van der Waals surface area contributed by atoms with Crippen LogP contribution in [0, 0.1) is 0 Å². The number of nitrogens with zero attached hydrogens (tertiary/aromatic N) is 4. The van der Waals surface area contributed by atoms with Crippen LogP contribution < -0.4 is 10.1 Å². The van der Waals surface area contributed by atoms with Crippen molar-refractivity contribution in [3.8, 4) is 17.0 Å². The fourth-order valence-electron chi connectivity index (χ4n) is 4.07. The predicted octanol–water partition coefficient (Wildman–Crippen LogP) is 3.89. The van der Waals surface area contributed by atoms with Crippen molar-refractivity contribution in [3.05, 3.63) is 66.2 Å². The predicted molar refractivity (Wildman–Crippen MR) is 133 cm³/mol. The van der Waals surface area contributed by atoms with Gasteiger partial charge in [0.2, 0.25) is 5.88 Å². The van der Waals surface area contributed by atoms with Crippen LogP contribution in [0.3, 0.4) is 0 Å². The van der Waals surface area contributed by atoms with Crippen LogP contribution in [0.25, 0.3) is 22.0 Å². The Bertz CT molecular complexity index is 1310. The SMILES string of the molecule is CC(C)Oc1ccc(NC(=O)c2n[nH]c3ccc(-c4cncc(CN5CCOCC5)c4)cc23)cn1. The monoisotopic (exact) mass is 472 g/mol. The van der Waals surface area contributed by atoms with E-state index in [1.165, 1.54) is 0 Å². The average Bonchev–Trinajstić information content (AvgIpc) is 3.29. The maximum absolute atomic E-state index is 13.0. The molecule has 4 heterocycles. The summed E-state index contributed by atoms with van der Waals surface area (Å²) in [5.74, 6) is 0.198. The van der Waals surface area contributed by atoms with Crippen LogP contribution in [0.4, 0.5) is 5.69 Å². The molecule has 180 valence electrons. The summed E-state index contributed by atoms with van der Waals surface area (Å²) in [7, 11) is 0. The summed E-state index contributed by atoms with van der Waals surface area (Å²) in [6, 6.07) is 11.6. The molecule has 5 rings (SSSR count). The molecule has 0 spiro atoms. The molecule has 2 N–H and O–H groups in total. The van der Waals surface area contributed by atoms with Crippen molar-refractivity contribution in [2.24, 2.45) is 0 Å². The van der Waals surface area contributed by atoms with E-state index >= 15 is 0 Å². The number of hydrogen-bond donors (Lipinski definition) is 2. The molecule has 9 nitrogen and oxygen atoms in total. The van der Waals surface area contributed by atoms with E-state index in [9.17, 15) is 4.79 Å². The number of ether oxygens (including phenoxy) is 2. The Morgan fingerprint density at radius 3 is 2.74 bits per heavy atom. The van der Waals surface area contributed by atoms with E-state index in [1.807, 2.05) is 44.4 Å². The molecule has 3 aromatic heterocycles. The fraction of sp³-hybridized carbons (Fsp3) is 0.308. The first-order chi connectivity index (χ1) is 17.0. The van der Waals surface area contributed by atoms with Crippen LogP contribution in [-0.2, 0) is 11.3 Å². The summed E-state index contributed by atoms with van der Waals surface area (Å²) in [6.07, 6.45) is 5.35. The van der Waals surface area contributed by atoms with Gasteiger partial charge in [0.15, 0.2) is 5.69 Å². The largest absolute Gasteiger partial charge is 0.475 e. The van der Waals surface area contributed by atoms with Gasteiger partial charge in [0, 0.05) is 49.0 Å². The smallest absolute Gasteiger partial charge is 0.276 e. The summed E-state index contributed by atoms with van der Waals surface area (Å²) >= 11 is 0. The molecule has 0 radical (unpaired) electrons. The highest BCUT2D eigenvalue weighted by Crippen LogP contribution is 2.26. The van der Waals surface area contributed by atoms with Gasteiger partial charge in [-0.15, -0.1) is 0 Å². The summed E-state index contributed by atoms with van der Waals surface area (Å²) in [6.45, 7) is 8.08. The first-order valence-corrected chi connectivity index (χ1v) is 11.7. The van der Waals surface area contributed by atoms with E-state index in [0.717, 1.165) is 60.4 Å². The van der Waals surface area contributed by atoms with Crippen molar-refractivity contribution in [2.45, 2.75) is 26.5 Å². The Hall–Kier alpha value is -3.82. The van der Waals surface area contributed by atoms with E-state index in [2.05, 4.69) is 36.4 Å². The normalized spacial score (nSPS) is 14.4.